The highest BCUT2D eigenvalue weighted by atomic mass is 32.2. The summed E-state index contributed by atoms with van der Waals surface area (Å²) in [6.45, 7) is 1.82. The maximum Gasteiger partial charge on any atom is 0.263 e. The standard InChI is InChI=1S/C14H21N3O2S2/c1-19-9-5-6-17(7-9)14-12(20-2)10(15)11(21-14)13(18)16-8-3-4-8/h8-9H,3-7,15H2,1-2H3,(H,16,18). The average molecular weight is 327 g/mol. The van der Waals surface area contributed by atoms with Gasteiger partial charge in [-0.25, -0.2) is 0 Å². The molecule has 116 valence electrons. The Morgan fingerprint density at radius 1 is 1.48 bits per heavy atom. The first-order chi connectivity index (χ1) is 10.1. The van der Waals surface area contributed by atoms with Crippen LogP contribution < -0.4 is 16.0 Å². The van der Waals surface area contributed by atoms with Crippen LogP contribution >= 0.6 is 23.1 Å². The van der Waals surface area contributed by atoms with E-state index < -0.39 is 0 Å². The highest BCUT2D eigenvalue weighted by Crippen LogP contribution is 2.45. The van der Waals surface area contributed by atoms with Crippen LogP contribution in [0.4, 0.5) is 10.7 Å². The van der Waals surface area contributed by atoms with Crippen LogP contribution in [0.15, 0.2) is 4.90 Å². The predicted molar refractivity (Wildman–Crippen MR) is 88.6 cm³/mol. The number of carbonyl (C=O) groups is 1. The van der Waals surface area contributed by atoms with E-state index in [1.807, 2.05) is 6.26 Å². The molecule has 1 aliphatic carbocycles. The van der Waals surface area contributed by atoms with Gasteiger partial charge in [0, 0.05) is 26.2 Å². The Bertz CT molecular complexity index is 543. The summed E-state index contributed by atoms with van der Waals surface area (Å²) < 4.78 is 5.43. The van der Waals surface area contributed by atoms with Crippen molar-refractivity contribution < 1.29 is 9.53 Å². The minimum absolute atomic E-state index is 0.0240. The Morgan fingerprint density at radius 3 is 2.81 bits per heavy atom. The van der Waals surface area contributed by atoms with Crippen molar-refractivity contribution in [3.8, 4) is 0 Å². The van der Waals surface area contributed by atoms with E-state index in [0.717, 1.165) is 42.2 Å². The molecule has 2 heterocycles. The summed E-state index contributed by atoms with van der Waals surface area (Å²) >= 11 is 3.12. The van der Waals surface area contributed by atoms with Gasteiger partial charge in [0.2, 0.25) is 0 Å². The fraction of sp³-hybridized carbons (Fsp3) is 0.643. The summed E-state index contributed by atoms with van der Waals surface area (Å²) in [5.41, 5.74) is 6.84. The molecule has 2 fully saturated rings. The number of hydrogen-bond acceptors (Lipinski definition) is 6. The molecule has 1 aromatic heterocycles. The van der Waals surface area contributed by atoms with Crippen LogP contribution in [0.25, 0.3) is 0 Å². The molecule has 0 aromatic carbocycles. The highest BCUT2D eigenvalue weighted by molar-refractivity contribution is 7.99. The molecule has 1 saturated carbocycles. The average Bonchev–Trinajstić information content (AvgIpc) is 3.04. The van der Waals surface area contributed by atoms with E-state index in [4.69, 9.17) is 10.5 Å². The third-order valence-corrected chi connectivity index (χ3v) is 6.19. The summed E-state index contributed by atoms with van der Waals surface area (Å²) in [6.07, 6.45) is 5.47. The van der Waals surface area contributed by atoms with Gasteiger partial charge in [-0.05, 0) is 25.5 Å². The molecule has 2 aliphatic rings. The van der Waals surface area contributed by atoms with Crippen LogP contribution in [0.1, 0.15) is 28.9 Å². The molecule has 1 saturated heterocycles. The van der Waals surface area contributed by atoms with Crippen LogP contribution in [-0.4, -0.2) is 44.5 Å². The number of rotatable bonds is 5. The smallest absolute Gasteiger partial charge is 0.263 e. The van der Waals surface area contributed by atoms with Crippen molar-refractivity contribution >= 4 is 39.7 Å². The summed E-state index contributed by atoms with van der Waals surface area (Å²) in [6, 6.07) is 0.352. The van der Waals surface area contributed by atoms with E-state index in [1.165, 1.54) is 11.3 Å². The molecule has 7 heteroatoms. The van der Waals surface area contributed by atoms with Crippen LogP contribution in [0.2, 0.25) is 0 Å². The van der Waals surface area contributed by atoms with E-state index in [-0.39, 0.29) is 12.0 Å². The topological polar surface area (TPSA) is 67.6 Å². The number of ether oxygens (including phenoxy) is 1. The lowest BCUT2D eigenvalue weighted by Crippen LogP contribution is -2.25. The van der Waals surface area contributed by atoms with Gasteiger partial charge in [0.25, 0.3) is 5.91 Å². The number of hydrogen-bond donors (Lipinski definition) is 2. The van der Waals surface area contributed by atoms with E-state index in [1.54, 1.807) is 18.9 Å². The molecule has 0 bridgehead atoms. The lowest BCUT2D eigenvalue weighted by Gasteiger charge is -2.17. The molecule has 3 N–H and O–H groups in total. The first-order valence-corrected chi connectivity index (χ1v) is 9.23. The molecule has 1 aliphatic heterocycles. The first-order valence-electron chi connectivity index (χ1n) is 7.19. The van der Waals surface area contributed by atoms with Crippen molar-refractivity contribution in [2.75, 3.05) is 37.1 Å². The number of nitrogens with zero attached hydrogens (tertiary/aromatic N) is 1. The molecule has 1 unspecified atom stereocenters. The van der Waals surface area contributed by atoms with Crippen molar-refractivity contribution in [2.24, 2.45) is 0 Å². The number of nitrogen functional groups attached to an aromatic ring is 1. The van der Waals surface area contributed by atoms with Crippen LogP contribution in [0, 0.1) is 0 Å². The van der Waals surface area contributed by atoms with Gasteiger partial charge in [0.1, 0.15) is 9.88 Å². The van der Waals surface area contributed by atoms with E-state index in [0.29, 0.717) is 16.6 Å². The quantitative estimate of drug-likeness (QED) is 0.811. The minimum Gasteiger partial charge on any atom is -0.396 e. The molecule has 5 nitrogen and oxygen atoms in total. The second-order valence-electron chi connectivity index (χ2n) is 5.52. The normalized spacial score (nSPS) is 21.8. The Hall–Kier alpha value is -0.920. The highest BCUT2D eigenvalue weighted by Gasteiger charge is 2.31. The summed E-state index contributed by atoms with van der Waals surface area (Å²) in [7, 11) is 1.75. The number of nitrogens with one attached hydrogen (secondary N) is 1. The molecule has 0 radical (unpaired) electrons. The van der Waals surface area contributed by atoms with Crippen molar-refractivity contribution in [3.63, 3.8) is 0 Å². The lowest BCUT2D eigenvalue weighted by molar-refractivity contribution is 0.0956. The fourth-order valence-corrected chi connectivity index (χ4v) is 4.69. The third-order valence-electron chi connectivity index (χ3n) is 3.97. The van der Waals surface area contributed by atoms with Crippen LogP contribution in [0.5, 0.6) is 0 Å². The van der Waals surface area contributed by atoms with Crippen LogP contribution in [0.3, 0.4) is 0 Å². The Labute approximate surface area is 133 Å². The Kier molecular flexibility index (Phi) is 4.33. The number of amides is 1. The largest absolute Gasteiger partial charge is 0.396 e. The summed E-state index contributed by atoms with van der Waals surface area (Å²) in [5.74, 6) is -0.0240. The van der Waals surface area contributed by atoms with Gasteiger partial charge < -0.3 is 20.7 Å². The van der Waals surface area contributed by atoms with Gasteiger partial charge in [0.05, 0.1) is 16.7 Å². The first kappa shape index (κ1) is 15.0. The number of thiophene rings is 1. The second-order valence-corrected chi connectivity index (χ2v) is 7.34. The molecule has 21 heavy (non-hydrogen) atoms. The maximum atomic E-state index is 12.3. The van der Waals surface area contributed by atoms with Gasteiger partial charge in [-0.3, -0.25) is 4.79 Å². The van der Waals surface area contributed by atoms with E-state index in [9.17, 15) is 4.79 Å². The molecule has 1 amide bonds. The van der Waals surface area contributed by atoms with E-state index >= 15 is 0 Å². The van der Waals surface area contributed by atoms with Gasteiger partial charge in [0.15, 0.2) is 0 Å². The van der Waals surface area contributed by atoms with E-state index in [2.05, 4.69) is 10.2 Å². The van der Waals surface area contributed by atoms with Gasteiger partial charge in [-0.15, -0.1) is 23.1 Å². The van der Waals surface area contributed by atoms with Crippen molar-refractivity contribution in [1.29, 1.82) is 0 Å². The Balaban J connectivity index is 1.84. The molecule has 1 atom stereocenters. The summed E-state index contributed by atoms with van der Waals surface area (Å²) in [5, 5.41) is 4.14. The monoisotopic (exact) mass is 327 g/mol. The van der Waals surface area contributed by atoms with Gasteiger partial charge >= 0.3 is 0 Å². The van der Waals surface area contributed by atoms with Crippen molar-refractivity contribution in [3.05, 3.63) is 4.88 Å². The number of thioether (sulfide) groups is 1. The molecular weight excluding hydrogens is 306 g/mol. The van der Waals surface area contributed by atoms with Gasteiger partial charge in [-0.1, -0.05) is 0 Å². The number of carbonyl (C=O) groups excluding carboxylic acids is 1. The SMILES string of the molecule is COC1CCN(c2sc(C(=O)NC3CC3)c(N)c2SC)C1. The molecule has 3 rings (SSSR count). The number of methoxy groups -OCH3 is 1. The second kappa shape index (κ2) is 6.06. The molecule has 0 spiro atoms. The van der Waals surface area contributed by atoms with Crippen LogP contribution in [-0.2, 0) is 4.74 Å². The van der Waals surface area contributed by atoms with Crippen molar-refractivity contribution in [1.82, 2.24) is 5.32 Å². The Morgan fingerprint density at radius 2 is 2.24 bits per heavy atom. The predicted octanol–water partition coefficient (Wildman–Crippen LogP) is 2.17. The third kappa shape index (κ3) is 3.00. The zero-order valence-corrected chi connectivity index (χ0v) is 14.0. The number of nitrogens with two attached hydrogens (primary N) is 1. The van der Waals surface area contributed by atoms with Crippen molar-refractivity contribution in [2.45, 2.75) is 36.3 Å². The maximum absolute atomic E-state index is 12.3. The fourth-order valence-electron chi connectivity index (χ4n) is 2.57. The number of anilines is 2. The summed E-state index contributed by atoms with van der Waals surface area (Å²) in [4.78, 5) is 16.3. The molecular formula is C14H21N3O2S2. The van der Waals surface area contributed by atoms with Gasteiger partial charge in [-0.2, -0.15) is 0 Å². The lowest BCUT2D eigenvalue weighted by atomic mass is 10.3. The zero-order chi connectivity index (χ0) is 15.0. The zero-order valence-electron chi connectivity index (χ0n) is 12.3. The molecule has 1 aromatic rings. The minimum atomic E-state index is -0.0240.